The van der Waals surface area contributed by atoms with Crippen molar-refractivity contribution in [1.29, 1.82) is 0 Å². The van der Waals surface area contributed by atoms with Gasteiger partial charge < -0.3 is 19.7 Å². The first-order valence-electron chi connectivity index (χ1n) is 9.29. The van der Waals surface area contributed by atoms with Crippen molar-refractivity contribution >= 4 is 11.6 Å². The van der Waals surface area contributed by atoms with Crippen LogP contribution in [0.5, 0.6) is 5.75 Å². The molecule has 1 N–H and O–H groups in total. The van der Waals surface area contributed by atoms with Crippen LogP contribution < -0.4 is 15.0 Å². The molecule has 2 aromatic rings. The summed E-state index contributed by atoms with van der Waals surface area (Å²) in [5.41, 5.74) is 4.93. The minimum atomic E-state index is -0.0774. The molecule has 0 spiro atoms. The maximum absolute atomic E-state index is 12.6. The number of amides is 1. The zero-order valence-electron chi connectivity index (χ0n) is 16.5. The van der Waals surface area contributed by atoms with Crippen LogP contribution in [-0.4, -0.2) is 55.6 Å². The van der Waals surface area contributed by atoms with Crippen LogP contribution >= 0.6 is 0 Å². The molecule has 0 saturated carbocycles. The molecular formula is C20H28N4O3. The summed E-state index contributed by atoms with van der Waals surface area (Å²) in [7, 11) is 3.59. The lowest BCUT2D eigenvalue weighted by atomic mass is 10.1. The normalized spacial score (nSPS) is 14.3. The molecule has 0 bridgehead atoms. The van der Waals surface area contributed by atoms with Crippen molar-refractivity contribution in [3.63, 3.8) is 0 Å². The van der Waals surface area contributed by atoms with E-state index in [1.54, 1.807) is 13.2 Å². The number of methoxy groups -OCH3 is 1. The predicted molar refractivity (Wildman–Crippen MR) is 105 cm³/mol. The number of anilines is 1. The molecule has 1 fully saturated rings. The Balaban J connectivity index is 1.67. The Morgan fingerprint density at radius 1 is 1.30 bits per heavy atom. The average Bonchev–Trinajstić information content (AvgIpc) is 2.94. The third-order valence-corrected chi connectivity index (χ3v) is 5.11. The molecule has 0 unspecified atom stereocenters. The van der Waals surface area contributed by atoms with Gasteiger partial charge in [0.05, 0.1) is 31.7 Å². The lowest BCUT2D eigenvalue weighted by Crippen LogP contribution is -2.36. The zero-order chi connectivity index (χ0) is 19.4. The van der Waals surface area contributed by atoms with Crippen molar-refractivity contribution in [3.05, 3.63) is 40.7 Å². The summed E-state index contributed by atoms with van der Waals surface area (Å²) in [5.74, 6) is 0.696. The van der Waals surface area contributed by atoms with Crippen LogP contribution in [0.15, 0.2) is 18.2 Å². The summed E-state index contributed by atoms with van der Waals surface area (Å²) in [4.78, 5) is 14.8. The van der Waals surface area contributed by atoms with E-state index < -0.39 is 0 Å². The van der Waals surface area contributed by atoms with Gasteiger partial charge in [0.2, 0.25) is 0 Å². The van der Waals surface area contributed by atoms with Gasteiger partial charge >= 0.3 is 0 Å². The maximum Gasteiger partial charge on any atom is 0.251 e. The number of aromatic nitrogens is 2. The van der Waals surface area contributed by atoms with E-state index in [1.165, 1.54) is 5.56 Å². The van der Waals surface area contributed by atoms with Gasteiger partial charge in [0, 0.05) is 37.9 Å². The van der Waals surface area contributed by atoms with E-state index in [0.29, 0.717) is 25.3 Å². The van der Waals surface area contributed by atoms with Crippen molar-refractivity contribution in [3.8, 4) is 5.75 Å². The Kier molecular flexibility index (Phi) is 6.01. The van der Waals surface area contributed by atoms with Crippen LogP contribution in [0.1, 0.15) is 27.3 Å². The van der Waals surface area contributed by atoms with Gasteiger partial charge in [-0.05, 0) is 44.0 Å². The largest absolute Gasteiger partial charge is 0.495 e. The first kappa shape index (κ1) is 19.2. The second-order valence-corrected chi connectivity index (χ2v) is 6.76. The van der Waals surface area contributed by atoms with Crippen molar-refractivity contribution < 1.29 is 14.3 Å². The number of hydrogen-bond acceptors (Lipinski definition) is 5. The van der Waals surface area contributed by atoms with Gasteiger partial charge in [-0.2, -0.15) is 5.10 Å². The van der Waals surface area contributed by atoms with Crippen molar-refractivity contribution in [2.24, 2.45) is 7.05 Å². The minimum absolute atomic E-state index is 0.0774. The number of ether oxygens (including phenoxy) is 2. The number of benzene rings is 1. The summed E-state index contributed by atoms with van der Waals surface area (Å²) in [5, 5.41) is 7.44. The molecule has 7 heteroatoms. The van der Waals surface area contributed by atoms with Gasteiger partial charge in [0.15, 0.2) is 0 Å². The van der Waals surface area contributed by atoms with Gasteiger partial charge in [0.25, 0.3) is 5.91 Å². The highest BCUT2D eigenvalue weighted by Crippen LogP contribution is 2.30. The highest BCUT2D eigenvalue weighted by atomic mass is 16.5. The average molecular weight is 372 g/mol. The number of carbonyl (C=O) groups excluding carboxylic acids is 1. The standard InChI is InChI=1S/C20H28N4O3/c1-14-17(15(2)23(3)22-14)7-8-21-20(25)16-5-6-19(26-4)18(13-16)24-9-11-27-12-10-24/h5-6,13H,7-12H2,1-4H3,(H,21,25). The van der Waals surface area contributed by atoms with Crippen LogP contribution in [0.3, 0.4) is 0 Å². The molecule has 2 heterocycles. The first-order valence-corrected chi connectivity index (χ1v) is 9.29. The Hall–Kier alpha value is -2.54. The van der Waals surface area contributed by atoms with Crippen molar-refractivity contribution in [2.45, 2.75) is 20.3 Å². The summed E-state index contributed by atoms with van der Waals surface area (Å²) >= 11 is 0. The second kappa shape index (κ2) is 8.43. The van der Waals surface area contributed by atoms with E-state index in [9.17, 15) is 4.79 Å². The van der Waals surface area contributed by atoms with E-state index in [1.807, 2.05) is 30.8 Å². The van der Waals surface area contributed by atoms with Gasteiger partial charge in [-0.15, -0.1) is 0 Å². The van der Waals surface area contributed by atoms with Crippen LogP contribution in [0, 0.1) is 13.8 Å². The molecule has 146 valence electrons. The van der Waals surface area contributed by atoms with Gasteiger partial charge in [-0.1, -0.05) is 0 Å². The van der Waals surface area contributed by atoms with Crippen LogP contribution in [0.4, 0.5) is 5.69 Å². The minimum Gasteiger partial charge on any atom is -0.495 e. The molecule has 1 saturated heterocycles. The number of nitrogens with zero attached hydrogens (tertiary/aromatic N) is 3. The summed E-state index contributed by atoms with van der Waals surface area (Å²) in [6.45, 7) is 7.58. The van der Waals surface area contributed by atoms with Crippen LogP contribution in [-0.2, 0) is 18.2 Å². The van der Waals surface area contributed by atoms with E-state index >= 15 is 0 Å². The Bertz CT molecular complexity index is 810. The number of hydrogen-bond donors (Lipinski definition) is 1. The molecule has 1 aliphatic heterocycles. The molecule has 1 aromatic carbocycles. The maximum atomic E-state index is 12.6. The number of nitrogens with one attached hydrogen (secondary N) is 1. The van der Waals surface area contributed by atoms with Crippen molar-refractivity contribution in [2.75, 3.05) is 44.9 Å². The monoisotopic (exact) mass is 372 g/mol. The Labute approximate surface area is 160 Å². The molecule has 0 radical (unpaired) electrons. The second-order valence-electron chi connectivity index (χ2n) is 6.76. The third-order valence-electron chi connectivity index (χ3n) is 5.11. The first-order chi connectivity index (χ1) is 13.0. The van der Waals surface area contributed by atoms with E-state index in [0.717, 1.165) is 42.3 Å². The Morgan fingerprint density at radius 3 is 2.67 bits per heavy atom. The molecule has 1 amide bonds. The molecule has 7 nitrogen and oxygen atoms in total. The predicted octanol–water partition coefficient (Wildman–Crippen LogP) is 1.85. The number of aryl methyl sites for hydroxylation is 2. The van der Waals surface area contributed by atoms with Gasteiger partial charge in [0.1, 0.15) is 5.75 Å². The van der Waals surface area contributed by atoms with Crippen LogP contribution in [0.2, 0.25) is 0 Å². The van der Waals surface area contributed by atoms with Gasteiger partial charge in [-0.25, -0.2) is 0 Å². The fourth-order valence-corrected chi connectivity index (χ4v) is 3.46. The molecule has 0 atom stereocenters. The third kappa shape index (κ3) is 4.24. The quantitative estimate of drug-likeness (QED) is 0.838. The number of carbonyl (C=O) groups is 1. The number of morpholine rings is 1. The smallest absolute Gasteiger partial charge is 0.251 e. The lowest BCUT2D eigenvalue weighted by molar-refractivity contribution is 0.0954. The zero-order valence-corrected chi connectivity index (χ0v) is 16.5. The fourth-order valence-electron chi connectivity index (χ4n) is 3.46. The molecule has 1 aromatic heterocycles. The molecule has 3 rings (SSSR count). The number of rotatable bonds is 6. The molecule has 1 aliphatic rings. The van der Waals surface area contributed by atoms with Crippen LogP contribution in [0.25, 0.3) is 0 Å². The van der Waals surface area contributed by atoms with E-state index in [-0.39, 0.29) is 5.91 Å². The van der Waals surface area contributed by atoms with Gasteiger partial charge in [-0.3, -0.25) is 9.48 Å². The molecule has 27 heavy (non-hydrogen) atoms. The fraction of sp³-hybridized carbons (Fsp3) is 0.500. The summed E-state index contributed by atoms with van der Waals surface area (Å²) in [6.07, 6.45) is 0.768. The molecule has 0 aliphatic carbocycles. The SMILES string of the molecule is COc1ccc(C(=O)NCCc2c(C)nn(C)c2C)cc1N1CCOCC1. The summed E-state index contributed by atoms with van der Waals surface area (Å²) < 4.78 is 12.8. The van der Waals surface area contributed by atoms with E-state index in [4.69, 9.17) is 9.47 Å². The van der Waals surface area contributed by atoms with Crippen molar-refractivity contribution in [1.82, 2.24) is 15.1 Å². The highest BCUT2D eigenvalue weighted by molar-refractivity contribution is 5.95. The summed E-state index contributed by atoms with van der Waals surface area (Å²) in [6, 6.07) is 5.56. The Morgan fingerprint density at radius 2 is 2.04 bits per heavy atom. The lowest BCUT2D eigenvalue weighted by Gasteiger charge is -2.30. The van der Waals surface area contributed by atoms with E-state index in [2.05, 4.69) is 22.2 Å². The highest BCUT2D eigenvalue weighted by Gasteiger charge is 2.18. The topological polar surface area (TPSA) is 68.6 Å². The molecular weight excluding hydrogens is 344 g/mol.